The summed E-state index contributed by atoms with van der Waals surface area (Å²) in [5, 5.41) is 4.00. The van der Waals surface area contributed by atoms with Crippen molar-refractivity contribution in [2.24, 2.45) is 0 Å². The fourth-order valence-corrected chi connectivity index (χ4v) is 2.21. The summed E-state index contributed by atoms with van der Waals surface area (Å²) in [6.07, 6.45) is 4.47. The van der Waals surface area contributed by atoms with Crippen LogP contribution in [0, 0.1) is 0 Å². The van der Waals surface area contributed by atoms with Gasteiger partial charge < -0.3 is 9.64 Å². The minimum atomic E-state index is -0.169. The molecule has 18 heavy (non-hydrogen) atoms. The van der Waals surface area contributed by atoms with Crippen molar-refractivity contribution in [3.63, 3.8) is 0 Å². The number of amides is 1. The van der Waals surface area contributed by atoms with E-state index in [1.807, 2.05) is 4.90 Å². The number of carbonyl (C=O) groups is 1. The first-order valence-electron chi connectivity index (χ1n) is 6.36. The maximum atomic E-state index is 12.3. The van der Waals surface area contributed by atoms with Crippen LogP contribution in [-0.2, 0) is 16.1 Å². The highest BCUT2D eigenvalue weighted by Crippen LogP contribution is 2.24. The van der Waals surface area contributed by atoms with Crippen molar-refractivity contribution in [2.45, 2.75) is 38.8 Å². The first-order chi connectivity index (χ1) is 8.65. The summed E-state index contributed by atoms with van der Waals surface area (Å²) < 4.78 is 7.17. The highest BCUT2D eigenvalue weighted by molar-refractivity contribution is 5.77. The lowest BCUT2D eigenvalue weighted by atomic mass is 9.95. The number of carbonyl (C=O) groups excluding carboxylic acids is 1. The molecule has 1 aromatic rings. The van der Waals surface area contributed by atoms with E-state index in [0.29, 0.717) is 32.7 Å². The third kappa shape index (κ3) is 2.69. The Morgan fingerprint density at radius 2 is 2.39 bits per heavy atom. The Hall–Kier alpha value is -1.43. The van der Waals surface area contributed by atoms with Gasteiger partial charge in [-0.25, -0.2) is 4.98 Å². The smallest absolute Gasteiger partial charge is 0.225 e. The molecule has 0 saturated carbocycles. The molecule has 1 aliphatic rings. The monoisotopic (exact) mass is 252 g/mol. The maximum absolute atomic E-state index is 12.3. The Morgan fingerprint density at radius 1 is 1.56 bits per heavy atom. The largest absolute Gasteiger partial charge is 0.377 e. The van der Waals surface area contributed by atoms with Gasteiger partial charge in [-0.3, -0.25) is 9.48 Å². The predicted molar refractivity (Wildman–Crippen MR) is 65.9 cm³/mol. The number of hydrogen-bond acceptors (Lipinski definition) is 4. The van der Waals surface area contributed by atoms with E-state index in [-0.39, 0.29) is 11.4 Å². The minimum Gasteiger partial charge on any atom is -0.377 e. The number of hydrogen-bond donors (Lipinski definition) is 0. The van der Waals surface area contributed by atoms with Gasteiger partial charge in [0.05, 0.1) is 25.3 Å². The second kappa shape index (κ2) is 5.48. The van der Waals surface area contributed by atoms with Crippen molar-refractivity contribution in [3.8, 4) is 0 Å². The van der Waals surface area contributed by atoms with Gasteiger partial charge in [-0.05, 0) is 13.3 Å². The molecule has 6 heteroatoms. The molecule has 0 radical (unpaired) electrons. The summed E-state index contributed by atoms with van der Waals surface area (Å²) in [5.41, 5.74) is -0.169. The number of ether oxygens (including phenoxy) is 1. The van der Waals surface area contributed by atoms with Crippen molar-refractivity contribution in [1.82, 2.24) is 19.7 Å². The summed E-state index contributed by atoms with van der Waals surface area (Å²) in [6.45, 7) is 6.69. The van der Waals surface area contributed by atoms with Crippen molar-refractivity contribution < 1.29 is 9.53 Å². The van der Waals surface area contributed by atoms with Crippen LogP contribution in [0.15, 0.2) is 12.7 Å². The van der Waals surface area contributed by atoms with Gasteiger partial charge in [-0.15, -0.1) is 0 Å². The highest BCUT2D eigenvalue weighted by atomic mass is 16.5. The van der Waals surface area contributed by atoms with Gasteiger partial charge in [0.15, 0.2) is 0 Å². The van der Waals surface area contributed by atoms with E-state index in [9.17, 15) is 4.79 Å². The van der Waals surface area contributed by atoms with Crippen LogP contribution < -0.4 is 0 Å². The molecule has 1 fully saturated rings. The lowest BCUT2D eigenvalue weighted by molar-refractivity contribution is -0.148. The van der Waals surface area contributed by atoms with E-state index in [2.05, 4.69) is 23.9 Å². The standard InChI is InChI=1S/C12H20N4O2/c1-3-12(2)8-18-7-6-16(12)11(17)4-5-15-10-13-9-14-15/h9-10H,3-8H2,1-2H3. The zero-order valence-corrected chi connectivity index (χ0v) is 11.0. The average Bonchev–Trinajstić information content (AvgIpc) is 2.89. The average molecular weight is 252 g/mol. The molecular formula is C12H20N4O2. The Labute approximate surface area is 107 Å². The van der Waals surface area contributed by atoms with E-state index < -0.39 is 0 Å². The fourth-order valence-electron chi connectivity index (χ4n) is 2.21. The molecule has 0 aliphatic carbocycles. The summed E-state index contributed by atoms with van der Waals surface area (Å²) in [5.74, 6) is 0.165. The van der Waals surface area contributed by atoms with Gasteiger partial charge in [0.1, 0.15) is 12.7 Å². The van der Waals surface area contributed by atoms with E-state index in [1.54, 1.807) is 11.0 Å². The topological polar surface area (TPSA) is 60.2 Å². The molecule has 0 spiro atoms. The van der Waals surface area contributed by atoms with Gasteiger partial charge >= 0.3 is 0 Å². The maximum Gasteiger partial charge on any atom is 0.225 e. The van der Waals surface area contributed by atoms with E-state index >= 15 is 0 Å². The molecular weight excluding hydrogens is 232 g/mol. The van der Waals surface area contributed by atoms with Crippen LogP contribution in [-0.4, -0.2) is 50.9 Å². The quantitative estimate of drug-likeness (QED) is 0.791. The second-order valence-electron chi connectivity index (χ2n) is 4.86. The molecule has 1 amide bonds. The van der Waals surface area contributed by atoms with Crippen molar-refractivity contribution in [1.29, 1.82) is 0 Å². The molecule has 1 aliphatic heterocycles. The number of rotatable bonds is 4. The minimum absolute atomic E-state index is 0.165. The zero-order valence-electron chi connectivity index (χ0n) is 11.0. The molecule has 1 atom stereocenters. The highest BCUT2D eigenvalue weighted by Gasteiger charge is 2.36. The van der Waals surface area contributed by atoms with E-state index in [4.69, 9.17) is 4.74 Å². The molecule has 0 bridgehead atoms. The Bertz CT molecular complexity index is 393. The fraction of sp³-hybridized carbons (Fsp3) is 0.750. The first-order valence-corrected chi connectivity index (χ1v) is 6.36. The van der Waals surface area contributed by atoms with Crippen LogP contribution in [0.2, 0.25) is 0 Å². The number of nitrogens with zero attached hydrogens (tertiary/aromatic N) is 4. The molecule has 1 unspecified atom stereocenters. The lowest BCUT2D eigenvalue weighted by Gasteiger charge is -2.44. The molecule has 2 rings (SSSR count). The summed E-state index contributed by atoms with van der Waals surface area (Å²) in [4.78, 5) is 18.1. The van der Waals surface area contributed by atoms with Crippen molar-refractivity contribution in [2.75, 3.05) is 19.8 Å². The van der Waals surface area contributed by atoms with Gasteiger partial charge in [-0.1, -0.05) is 6.92 Å². The predicted octanol–water partition coefficient (Wildman–Crippen LogP) is 0.696. The van der Waals surface area contributed by atoms with Crippen LogP contribution in [0.4, 0.5) is 0 Å². The molecule has 0 aromatic carbocycles. The second-order valence-corrected chi connectivity index (χ2v) is 4.86. The van der Waals surface area contributed by atoms with Crippen LogP contribution in [0.1, 0.15) is 26.7 Å². The zero-order chi connectivity index (χ0) is 13.0. The molecule has 6 nitrogen and oxygen atoms in total. The van der Waals surface area contributed by atoms with Gasteiger partial charge in [-0.2, -0.15) is 5.10 Å². The molecule has 1 aromatic heterocycles. The third-order valence-electron chi connectivity index (χ3n) is 3.61. The Balaban J connectivity index is 1.94. The van der Waals surface area contributed by atoms with Gasteiger partial charge in [0.25, 0.3) is 0 Å². The molecule has 0 N–H and O–H groups in total. The Kier molecular flexibility index (Phi) is 3.96. The Morgan fingerprint density at radius 3 is 3.06 bits per heavy atom. The van der Waals surface area contributed by atoms with Crippen molar-refractivity contribution >= 4 is 5.91 Å². The van der Waals surface area contributed by atoms with Crippen LogP contribution in [0.25, 0.3) is 0 Å². The summed E-state index contributed by atoms with van der Waals surface area (Å²) in [7, 11) is 0. The normalized spacial score (nSPS) is 24.2. The number of aryl methyl sites for hydroxylation is 1. The van der Waals surface area contributed by atoms with Gasteiger partial charge in [0, 0.05) is 13.0 Å². The van der Waals surface area contributed by atoms with Gasteiger partial charge in [0.2, 0.25) is 5.91 Å². The third-order valence-corrected chi connectivity index (χ3v) is 3.61. The van der Waals surface area contributed by atoms with Crippen molar-refractivity contribution in [3.05, 3.63) is 12.7 Å². The first kappa shape index (κ1) is 13.0. The van der Waals surface area contributed by atoms with Crippen LogP contribution >= 0.6 is 0 Å². The molecule has 2 heterocycles. The summed E-state index contributed by atoms with van der Waals surface area (Å²) >= 11 is 0. The summed E-state index contributed by atoms with van der Waals surface area (Å²) in [6, 6.07) is 0. The van der Waals surface area contributed by atoms with E-state index in [0.717, 1.165) is 6.42 Å². The molecule has 100 valence electrons. The number of aromatic nitrogens is 3. The molecule has 1 saturated heterocycles. The van der Waals surface area contributed by atoms with Crippen LogP contribution in [0.5, 0.6) is 0 Å². The SMILES string of the molecule is CCC1(C)COCCN1C(=O)CCn1cncn1. The van der Waals surface area contributed by atoms with E-state index in [1.165, 1.54) is 6.33 Å². The van der Waals surface area contributed by atoms with Crippen LogP contribution in [0.3, 0.4) is 0 Å². The lowest BCUT2D eigenvalue weighted by Crippen LogP contribution is -2.57. The number of morpholine rings is 1.